The van der Waals surface area contributed by atoms with Crippen LogP contribution in [0.3, 0.4) is 0 Å². The molecule has 0 aromatic heterocycles. The van der Waals surface area contributed by atoms with Crippen LogP contribution in [0.5, 0.6) is 0 Å². The van der Waals surface area contributed by atoms with Gasteiger partial charge in [-0.3, -0.25) is 4.79 Å². The topological polar surface area (TPSA) is 41.6 Å². The van der Waals surface area contributed by atoms with Crippen LogP contribution >= 0.6 is 0 Å². The maximum absolute atomic E-state index is 12.3. The van der Waals surface area contributed by atoms with Gasteiger partial charge in [0.2, 0.25) is 5.91 Å². The average Bonchev–Trinajstić information content (AvgIpc) is 2.30. The fourth-order valence-electron chi connectivity index (χ4n) is 2.39. The zero-order valence-corrected chi connectivity index (χ0v) is 9.42. The molecule has 2 aliphatic heterocycles. The molecule has 1 unspecified atom stereocenters. The summed E-state index contributed by atoms with van der Waals surface area (Å²) in [7, 11) is 0. The summed E-state index contributed by atoms with van der Waals surface area (Å²) in [4.78, 5) is 14.3. The Labute approximate surface area is 91.0 Å². The molecule has 4 heteroatoms. The highest BCUT2D eigenvalue weighted by Crippen LogP contribution is 2.28. The molecule has 2 heterocycles. The molecule has 86 valence electrons. The van der Waals surface area contributed by atoms with E-state index in [4.69, 9.17) is 4.74 Å². The summed E-state index contributed by atoms with van der Waals surface area (Å²) in [5.41, 5.74) is -0.185. The summed E-state index contributed by atoms with van der Waals surface area (Å²) >= 11 is 0. The highest BCUT2D eigenvalue weighted by molar-refractivity contribution is 5.82. The number of carbonyl (C=O) groups is 1. The van der Waals surface area contributed by atoms with Crippen LogP contribution in [0, 0.1) is 5.41 Å². The number of piperidine rings is 1. The van der Waals surface area contributed by atoms with Crippen molar-refractivity contribution in [3.05, 3.63) is 0 Å². The van der Waals surface area contributed by atoms with E-state index >= 15 is 0 Å². The Balaban J connectivity index is 1.98. The zero-order chi connectivity index (χ0) is 10.7. The summed E-state index contributed by atoms with van der Waals surface area (Å²) in [5.74, 6) is 0.304. The molecule has 15 heavy (non-hydrogen) atoms. The van der Waals surface area contributed by atoms with Gasteiger partial charge in [-0.1, -0.05) is 0 Å². The predicted molar refractivity (Wildman–Crippen MR) is 57.6 cm³/mol. The Morgan fingerprint density at radius 2 is 2.13 bits per heavy atom. The lowest BCUT2D eigenvalue weighted by atomic mass is 9.81. The molecular formula is C11H20N2O2. The molecule has 1 atom stereocenters. The fourth-order valence-corrected chi connectivity index (χ4v) is 2.39. The van der Waals surface area contributed by atoms with Gasteiger partial charge in [0.05, 0.1) is 18.6 Å². The van der Waals surface area contributed by atoms with E-state index in [1.807, 2.05) is 4.90 Å². The first-order valence-corrected chi connectivity index (χ1v) is 5.80. The first kappa shape index (κ1) is 10.9. The third kappa shape index (κ3) is 2.32. The standard InChI is InChI=1S/C11H20N2O2/c1-11(3-2-4-12-9-11)10(14)13-5-7-15-8-6-13/h12H,2-9H2,1H3. The third-order valence-corrected chi connectivity index (χ3v) is 3.41. The van der Waals surface area contributed by atoms with Crippen molar-refractivity contribution < 1.29 is 9.53 Å². The van der Waals surface area contributed by atoms with Gasteiger partial charge in [-0.2, -0.15) is 0 Å². The second kappa shape index (κ2) is 4.49. The SMILES string of the molecule is CC1(C(=O)N2CCOCC2)CCCNC1. The van der Waals surface area contributed by atoms with E-state index in [2.05, 4.69) is 12.2 Å². The molecule has 2 rings (SSSR count). The molecule has 0 bridgehead atoms. The minimum absolute atomic E-state index is 0.185. The smallest absolute Gasteiger partial charge is 0.229 e. The van der Waals surface area contributed by atoms with E-state index in [9.17, 15) is 4.79 Å². The molecule has 0 spiro atoms. The van der Waals surface area contributed by atoms with E-state index < -0.39 is 0 Å². The summed E-state index contributed by atoms with van der Waals surface area (Å²) < 4.78 is 5.26. The lowest BCUT2D eigenvalue weighted by Crippen LogP contribution is -2.53. The van der Waals surface area contributed by atoms with Crippen LogP contribution in [-0.2, 0) is 9.53 Å². The van der Waals surface area contributed by atoms with Crippen molar-refractivity contribution in [3.63, 3.8) is 0 Å². The van der Waals surface area contributed by atoms with Gasteiger partial charge in [-0.25, -0.2) is 0 Å². The van der Waals surface area contributed by atoms with Crippen molar-refractivity contribution in [1.29, 1.82) is 0 Å². The van der Waals surface area contributed by atoms with E-state index in [0.717, 1.165) is 39.0 Å². The molecule has 0 saturated carbocycles. The number of hydrogen-bond donors (Lipinski definition) is 1. The van der Waals surface area contributed by atoms with Crippen LogP contribution in [0.15, 0.2) is 0 Å². The molecular weight excluding hydrogens is 192 g/mol. The number of hydrogen-bond acceptors (Lipinski definition) is 3. The molecule has 2 saturated heterocycles. The van der Waals surface area contributed by atoms with Crippen molar-refractivity contribution in [2.24, 2.45) is 5.41 Å². The van der Waals surface area contributed by atoms with E-state index in [1.54, 1.807) is 0 Å². The highest BCUT2D eigenvalue weighted by atomic mass is 16.5. The van der Waals surface area contributed by atoms with E-state index in [1.165, 1.54) is 0 Å². The second-order valence-corrected chi connectivity index (χ2v) is 4.75. The van der Waals surface area contributed by atoms with Gasteiger partial charge in [0.15, 0.2) is 0 Å². The van der Waals surface area contributed by atoms with Gasteiger partial charge in [-0.15, -0.1) is 0 Å². The van der Waals surface area contributed by atoms with Crippen molar-refractivity contribution >= 4 is 5.91 Å². The van der Waals surface area contributed by atoms with Crippen molar-refractivity contribution in [2.45, 2.75) is 19.8 Å². The lowest BCUT2D eigenvalue weighted by molar-refractivity contribution is -0.146. The highest BCUT2D eigenvalue weighted by Gasteiger charge is 2.37. The Bertz CT molecular complexity index is 231. The minimum Gasteiger partial charge on any atom is -0.378 e. The minimum atomic E-state index is -0.185. The Hall–Kier alpha value is -0.610. The molecule has 1 N–H and O–H groups in total. The average molecular weight is 212 g/mol. The van der Waals surface area contributed by atoms with E-state index in [0.29, 0.717) is 19.1 Å². The van der Waals surface area contributed by atoms with Gasteiger partial charge in [0.1, 0.15) is 0 Å². The number of rotatable bonds is 1. The van der Waals surface area contributed by atoms with Crippen LogP contribution in [0.1, 0.15) is 19.8 Å². The van der Waals surface area contributed by atoms with Crippen LogP contribution in [0.4, 0.5) is 0 Å². The Morgan fingerprint density at radius 3 is 2.73 bits per heavy atom. The quantitative estimate of drug-likeness (QED) is 0.677. The summed E-state index contributed by atoms with van der Waals surface area (Å²) in [6, 6.07) is 0. The molecule has 2 fully saturated rings. The molecule has 0 aromatic carbocycles. The van der Waals surface area contributed by atoms with Crippen LogP contribution in [0.25, 0.3) is 0 Å². The van der Waals surface area contributed by atoms with Gasteiger partial charge < -0.3 is 15.0 Å². The molecule has 2 aliphatic rings. The molecule has 0 radical (unpaired) electrons. The number of nitrogens with one attached hydrogen (secondary N) is 1. The number of carbonyl (C=O) groups excluding carboxylic acids is 1. The number of amides is 1. The number of morpholine rings is 1. The normalized spacial score (nSPS) is 32.7. The monoisotopic (exact) mass is 212 g/mol. The number of nitrogens with zero attached hydrogens (tertiary/aromatic N) is 1. The molecule has 1 amide bonds. The third-order valence-electron chi connectivity index (χ3n) is 3.41. The van der Waals surface area contributed by atoms with Gasteiger partial charge >= 0.3 is 0 Å². The van der Waals surface area contributed by atoms with Crippen molar-refractivity contribution in [1.82, 2.24) is 10.2 Å². The van der Waals surface area contributed by atoms with Crippen LogP contribution < -0.4 is 5.32 Å². The maximum atomic E-state index is 12.3. The van der Waals surface area contributed by atoms with Crippen molar-refractivity contribution in [3.8, 4) is 0 Å². The zero-order valence-electron chi connectivity index (χ0n) is 9.42. The van der Waals surface area contributed by atoms with Crippen LogP contribution in [0.2, 0.25) is 0 Å². The second-order valence-electron chi connectivity index (χ2n) is 4.75. The maximum Gasteiger partial charge on any atom is 0.229 e. The lowest BCUT2D eigenvalue weighted by Gasteiger charge is -2.38. The van der Waals surface area contributed by atoms with E-state index in [-0.39, 0.29) is 5.41 Å². The Morgan fingerprint density at radius 1 is 1.40 bits per heavy atom. The van der Waals surface area contributed by atoms with Gasteiger partial charge in [-0.05, 0) is 26.3 Å². The summed E-state index contributed by atoms with van der Waals surface area (Å²) in [6.45, 7) is 6.85. The number of ether oxygens (including phenoxy) is 1. The predicted octanol–water partition coefficient (Wildman–Crippen LogP) is 0.235. The molecule has 4 nitrogen and oxygen atoms in total. The van der Waals surface area contributed by atoms with Gasteiger partial charge in [0.25, 0.3) is 0 Å². The van der Waals surface area contributed by atoms with Gasteiger partial charge in [0, 0.05) is 19.6 Å². The first-order valence-electron chi connectivity index (χ1n) is 5.80. The first-order chi connectivity index (χ1) is 7.22. The van der Waals surface area contributed by atoms with Crippen molar-refractivity contribution in [2.75, 3.05) is 39.4 Å². The fraction of sp³-hybridized carbons (Fsp3) is 0.909. The molecule has 0 aliphatic carbocycles. The summed E-state index contributed by atoms with van der Waals surface area (Å²) in [5, 5.41) is 3.32. The Kier molecular flexibility index (Phi) is 3.26. The van der Waals surface area contributed by atoms with Crippen LogP contribution in [-0.4, -0.2) is 50.2 Å². The summed E-state index contributed by atoms with van der Waals surface area (Å²) in [6.07, 6.45) is 2.11. The largest absolute Gasteiger partial charge is 0.378 e. The molecule has 0 aromatic rings.